The molecule has 0 nitrogen and oxygen atoms in total. The van der Waals surface area contributed by atoms with E-state index in [0.29, 0.717) is 5.41 Å². The molecular weight excluding hydrogens is 156 g/mol. The molecule has 0 saturated heterocycles. The van der Waals surface area contributed by atoms with Crippen LogP contribution in [-0.4, -0.2) is 0 Å². The molecule has 0 spiro atoms. The maximum Gasteiger partial charge on any atom is -0.0170 e. The summed E-state index contributed by atoms with van der Waals surface area (Å²) >= 11 is 0. The Bertz CT molecular complexity index is 134. The van der Waals surface area contributed by atoms with Crippen molar-refractivity contribution in [1.82, 2.24) is 0 Å². The van der Waals surface area contributed by atoms with Gasteiger partial charge in [-0.1, -0.05) is 53.2 Å². The summed E-state index contributed by atoms with van der Waals surface area (Å²) in [7, 11) is 0. The summed E-state index contributed by atoms with van der Waals surface area (Å²) in [5.74, 6) is 0.792. The molecule has 0 heteroatoms. The quantitative estimate of drug-likeness (QED) is 0.538. The highest BCUT2D eigenvalue weighted by molar-refractivity contribution is 5.02. The lowest BCUT2D eigenvalue weighted by Gasteiger charge is -2.23. The predicted molar refractivity (Wildman–Crippen MR) is 64.0 cm³/mol. The maximum absolute atomic E-state index is 2.37. The highest BCUT2D eigenvalue weighted by atomic mass is 14.2. The topological polar surface area (TPSA) is 0 Å². The van der Waals surface area contributed by atoms with Gasteiger partial charge in [-0.05, 0) is 31.6 Å². The van der Waals surface area contributed by atoms with Gasteiger partial charge in [-0.2, -0.15) is 0 Å². The van der Waals surface area contributed by atoms with Gasteiger partial charge in [0.05, 0.1) is 0 Å². The van der Waals surface area contributed by atoms with Crippen molar-refractivity contribution in [3.05, 3.63) is 11.6 Å². The molecule has 0 rings (SSSR count). The lowest BCUT2D eigenvalue weighted by atomic mass is 9.83. The standard InChI is InChI=1S/C11H22.C2H6/c1-9(2)7-11(5,6)8-10(3)4;1-2/h7,10H,8H2,1-6H3;1-2H3. The average molecular weight is 184 g/mol. The molecule has 0 saturated carbocycles. The first-order valence-corrected chi connectivity index (χ1v) is 5.49. The van der Waals surface area contributed by atoms with Crippen molar-refractivity contribution in [2.75, 3.05) is 0 Å². The van der Waals surface area contributed by atoms with Crippen LogP contribution in [0.4, 0.5) is 0 Å². The lowest BCUT2D eigenvalue weighted by Crippen LogP contribution is -2.11. The van der Waals surface area contributed by atoms with Gasteiger partial charge in [0.15, 0.2) is 0 Å². The van der Waals surface area contributed by atoms with Crippen LogP contribution < -0.4 is 0 Å². The van der Waals surface area contributed by atoms with Gasteiger partial charge in [-0.15, -0.1) is 0 Å². The van der Waals surface area contributed by atoms with Gasteiger partial charge in [0.2, 0.25) is 0 Å². The first-order valence-electron chi connectivity index (χ1n) is 5.49. The molecule has 0 radical (unpaired) electrons. The van der Waals surface area contributed by atoms with E-state index < -0.39 is 0 Å². The third-order valence-corrected chi connectivity index (χ3v) is 1.61. The van der Waals surface area contributed by atoms with Crippen molar-refractivity contribution in [3.8, 4) is 0 Å². The van der Waals surface area contributed by atoms with Crippen LogP contribution in [0.25, 0.3) is 0 Å². The van der Waals surface area contributed by atoms with Gasteiger partial charge in [0.25, 0.3) is 0 Å². The molecule has 0 aliphatic heterocycles. The Labute approximate surface area is 85.4 Å². The van der Waals surface area contributed by atoms with Crippen LogP contribution in [0.3, 0.4) is 0 Å². The summed E-state index contributed by atoms with van der Waals surface area (Å²) in [6.45, 7) is 17.5. The fourth-order valence-corrected chi connectivity index (χ4v) is 1.89. The van der Waals surface area contributed by atoms with E-state index in [4.69, 9.17) is 0 Å². The second-order valence-corrected chi connectivity index (χ2v) is 4.81. The minimum atomic E-state index is 0.382. The number of hydrogen-bond donors (Lipinski definition) is 0. The molecule has 0 N–H and O–H groups in total. The zero-order valence-corrected chi connectivity index (χ0v) is 10.9. The second-order valence-electron chi connectivity index (χ2n) is 4.81. The van der Waals surface area contributed by atoms with Gasteiger partial charge >= 0.3 is 0 Å². The van der Waals surface area contributed by atoms with E-state index in [9.17, 15) is 0 Å². The molecule has 80 valence electrons. The van der Waals surface area contributed by atoms with E-state index in [1.54, 1.807) is 0 Å². The highest BCUT2D eigenvalue weighted by Gasteiger charge is 2.15. The van der Waals surface area contributed by atoms with Gasteiger partial charge in [-0.25, -0.2) is 0 Å². The minimum Gasteiger partial charge on any atom is -0.0802 e. The summed E-state index contributed by atoms with van der Waals surface area (Å²) in [4.78, 5) is 0. The van der Waals surface area contributed by atoms with Crippen molar-refractivity contribution in [2.45, 2.75) is 61.8 Å². The Kier molecular flexibility index (Phi) is 8.40. The molecule has 0 fully saturated rings. The molecule has 0 bridgehead atoms. The Balaban J connectivity index is 0. The Morgan fingerprint density at radius 3 is 1.77 bits per heavy atom. The van der Waals surface area contributed by atoms with Crippen LogP contribution in [-0.2, 0) is 0 Å². The minimum absolute atomic E-state index is 0.382. The van der Waals surface area contributed by atoms with Crippen molar-refractivity contribution < 1.29 is 0 Å². The molecule has 0 amide bonds. The van der Waals surface area contributed by atoms with Crippen LogP contribution in [0, 0.1) is 11.3 Å². The zero-order valence-electron chi connectivity index (χ0n) is 10.9. The van der Waals surface area contributed by atoms with Crippen molar-refractivity contribution in [1.29, 1.82) is 0 Å². The van der Waals surface area contributed by atoms with Crippen LogP contribution >= 0.6 is 0 Å². The lowest BCUT2D eigenvalue weighted by molar-refractivity contribution is 0.364. The second kappa shape index (κ2) is 7.17. The molecule has 0 aliphatic rings. The molecule has 0 aromatic rings. The first-order chi connectivity index (χ1) is 5.83. The number of rotatable bonds is 3. The molecule has 0 aliphatic carbocycles. The van der Waals surface area contributed by atoms with Gasteiger partial charge in [0.1, 0.15) is 0 Å². The summed E-state index contributed by atoms with van der Waals surface area (Å²) in [6, 6.07) is 0. The Hall–Kier alpha value is -0.260. The van der Waals surface area contributed by atoms with Gasteiger partial charge in [-0.3, -0.25) is 0 Å². The summed E-state index contributed by atoms with van der Waals surface area (Å²) in [6.07, 6.45) is 3.64. The predicted octanol–water partition coefficient (Wildman–Crippen LogP) is 5.05. The van der Waals surface area contributed by atoms with Crippen molar-refractivity contribution in [2.24, 2.45) is 11.3 Å². The summed E-state index contributed by atoms with van der Waals surface area (Å²) in [5.41, 5.74) is 1.81. The monoisotopic (exact) mass is 184 g/mol. The molecule has 0 atom stereocenters. The van der Waals surface area contributed by atoms with Gasteiger partial charge < -0.3 is 0 Å². The third-order valence-electron chi connectivity index (χ3n) is 1.61. The highest BCUT2D eigenvalue weighted by Crippen LogP contribution is 2.27. The summed E-state index contributed by atoms with van der Waals surface area (Å²) in [5, 5.41) is 0. The van der Waals surface area contributed by atoms with Crippen LogP contribution in [0.15, 0.2) is 11.6 Å². The smallest absolute Gasteiger partial charge is 0.0170 e. The molecule has 0 aromatic heterocycles. The maximum atomic E-state index is 2.37. The number of hydrogen-bond acceptors (Lipinski definition) is 0. The van der Waals surface area contributed by atoms with E-state index in [1.165, 1.54) is 12.0 Å². The van der Waals surface area contributed by atoms with Crippen molar-refractivity contribution >= 4 is 0 Å². The molecule has 0 aromatic carbocycles. The van der Waals surface area contributed by atoms with E-state index in [0.717, 1.165) is 5.92 Å². The fraction of sp³-hybridized carbons (Fsp3) is 0.846. The third kappa shape index (κ3) is 11.7. The SMILES string of the molecule is CC.CC(C)=CC(C)(C)CC(C)C. The Morgan fingerprint density at radius 1 is 1.15 bits per heavy atom. The van der Waals surface area contributed by atoms with E-state index in [2.05, 4.69) is 47.6 Å². The van der Waals surface area contributed by atoms with Crippen LogP contribution in [0.5, 0.6) is 0 Å². The first kappa shape index (κ1) is 15.2. The zero-order chi connectivity index (χ0) is 11.1. The molecule has 13 heavy (non-hydrogen) atoms. The van der Waals surface area contributed by atoms with Crippen LogP contribution in [0.1, 0.15) is 61.8 Å². The van der Waals surface area contributed by atoms with E-state index in [1.807, 2.05) is 13.8 Å². The molecule has 0 heterocycles. The average Bonchev–Trinajstić information content (AvgIpc) is 1.85. The largest absolute Gasteiger partial charge is 0.0802 e. The van der Waals surface area contributed by atoms with Crippen molar-refractivity contribution in [3.63, 3.8) is 0 Å². The van der Waals surface area contributed by atoms with E-state index in [-0.39, 0.29) is 0 Å². The number of allylic oxidation sites excluding steroid dienone is 2. The van der Waals surface area contributed by atoms with Gasteiger partial charge in [0, 0.05) is 0 Å². The normalized spacial score (nSPS) is 10.5. The fourth-order valence-electron chi connectivity index (χ4n) is 1.89. The molecular formula is C13H28. The summed E-state index contributed by atoms with van der Waals surface area (Å²) < 4.78 is 0. The van der Waals surface area contributed by atoms with Crippen LogP contribution in [0.2, 0.25) is 0 Å². The van der Waals surface area contributed by atoms with E-state index >= 15 is 0 Å². The Morgan fingerprint density at radius 2 is 1.54 bits per heavy atom. The molecule has 0 unspecified atom stereocenters.